The van der Waals surface area contributed by atoms with Gasteiger partial charge in [-0.3, -0.25) is 15.1 Å². The van der Waals surface area contributed by atoms with Crippen molar-refractivity contribution in [3.63, 3.8) is 0 Å². The largest absolute Gasteiger partial charge is 0.369 e. The van der Waals surface area contributed by atoms with E-state index >= 15 is 0 Å². The summed E-state index contributed by atoms with van der Waals surface area (Å²) < 4.78 is 0. The van der Waals surface area contributed by atoms with Gasteiger partial charge in [0.1, 0.15) is 0 Å². The van der Waals surface area contributed by atoms with Gasteiger partial charge in [-0.2, -0.15) is 0 Å². The zero-order chi connectivity index (χ0) is 19.3. The van der Waals surface area contributed by atoms with Crippen molar-refractivity contribution in [3.05, 3.63) is 71.9 Å². The maximum atomic E-state index is 13.2. The fraction of sp³-hybridized carbons (Fsp3) is 0.261. The van der Waals surface area contributed by atoms with Gasteiger partial charge in [-0.1, -0.05) is 55.7 Å². The van der Waals surface area contributed by atoms with E-state index in [4.69, 9.17) is 5.73 Å². The quantitative estimate of drug-likeness (QED) is 0.518. The van der Waals surface area contributed by atoms with Gasteiger partial charge in [0, 0.05) is 11.6 Å². The van der Waals surface area contributed by atoms with Crippen LogP contribution in [0.3, 0.4) is 0 Å². The molecule has 0 unspecified atom stereocenters. The highest BCUT2D eigenvalue weighted by atomic mass is 16.1. The van der Waals surface area contributed by atoms with Crippen molar-refractivity contribution >= 4 is 28.5 Å². The van der Waals surface area contributed by atoms with Crippen molar-refractivity contribution in [2.24, 2.45) is 10.7 Å². The first-order chi connectivity index (χ1) is 13.7. The Bertz CT molecular complexity index is 1010. The fourth-order valence-corrected chi connectivity index (χ4v) is 3.98. The SMILES string of the molecule is NC(=Nc1ccccc1)NC(=O)c1c(C2CCCCC2)cnc2ccccc12. The minimum atomic E-state index is -0.226. The van der Waals surface area contributed by atoms with Crippen molar-refractivity contribution in [1.29, 1.82) is 0 Å². The lowest BCUT2D eigenvalue weighted by atomic mass is 9.82. The van der Waals surface area contributed by atoms with Crippen molar-refractivity contribution < 1.29 is 4.79 Å². The van der Waals surface area contributed by atoms with Gasteiger partial charge in [0.05, 0.1) is 16.8 Å². The molecule has 1 aromatic heterocycles. The summed E-state index contributed by atoms with van der Waals surface area (Å²) >= 11 is 0. The topological polar surface area (TPSA) is 80.4 Å². The van der Waals surface area contributed by atoms with Gasteiger partial charge in [-0.15, -0.1) is 0 Å². The molecule has 1 aliphatic rings. The summed E-state index contributed by atoms with van der Waals surface area (Å²) in [6.45, 7) is 0. The number of hydrogen-bond acceptors (Lipinski definition) is 3. The van der Waals surface area contributed by atoms with Crippen LogP contribution in [0, 0.1) is 0 Å². The molecule has 5 nitrogen and oxygen atoms in total. The van der Waals surface area contributed by atoms with Crippen LogP contribution >= 0.6 is 0 Å². The van der Waals surface area contributed by atoms with E-state index in [1.807, 2.05) is 60.8 Å². The van der Waals surface area contributed by atoms with Crippen LogP contribution < -0.4 is 11.1 Å². The molecule has 1 saturated carbocycles. The average Bonchev–Trinajstić information content (AvgIpc) is 2.74. The molecule has 0 atom stereocenters. The molecule has 0 radical (unpaired) electrons. The van der Waals surface area contributed by atoms with E-state index < -0.39 is 0 Å². The number of hydrogen-bond donors (Lipinski definition) is 2. The molecule has 1 aliphatic carbocycles. The van der Waals surface area contributed by atoms with E-state index in [1.165, 1.54) is 19.3 Å². The Balaban J connectivity index is 1.71. The van der Waals surface area contributed by atoms with Crippen LogP contribution in [0.25, 0.3) is 10.9 Å². The predicted octanol–water partition coefficient (Wildman–Crippen LogP) is 4.66. The van der Waals surface area contributed by atoms with Gasteiger partial charge in [-0.25, -0.2) is 4.99 Å². The second-order valence-corrected chi connectivity index (χ2v) is 7.23. The highest BCUT2D eigenvalue weighted by molar-refractivity contribution is 6.13. The second kappa shape index (κ2) is 8.21. The van der Waals surface area contributed by atoms with Crippen LogP contribution in [0.5, 0.6) is 0 Å². The third kappa shape index (κ3) is 3.88. The normalized spacial score (nSPS) is 15.5. The number of carbonyl (C=O) groups excluding carboxylic acids is 1. The van der Waals surface area contributed by atoms with Crippen molar-refractivity contribution in [3.8, 4) is 0 Å². The van der Waals surface area contributed by atoms with Gasteiger partial charge in [0.2, 0.25) is 5.96 Å². The molecular weight excluding hydrogens is 348 g/mol. The van der Waals surface area contributed by atoms with Crippen LogP contribution in [0.4, 0.5) is 5.69 Å². The molecular formula is C23H24N4O. The Morgan fingerprint density at radius 2 is 1.71 bits per heavy atom. The zero-order valence-electron chi connectivity index (χ0n) is 15.8. The number of para-hydroxylation sites is 2. The molecule has 0 aliphatic heterocycles. The number of aromatic nitrogens is 1. The summed E-state index contributed by atoms with van der Waals surface area (Å²) in [4.78, 5) is 22.1. The number of guanidine groups is 1. The standard InChI is InChI=1S/C23H24N4O/c24-23(26-17-11-5-2-6-12-17)27-22(28)21-18-13-7-8-14-20(18)25-15-19(21)16-9-3-1-4-10-16/h2,5-8,11-16H,1,3-4,9-10H2,(H3,24,26,27,28). The van der Waals surface area contributed by atoms with Gasteiger partial charge in [0.25, 0.3) is 5.91 Å². The van der Waals surface area contributed by atoms with Crippen LogP contribution in [0.15, 0.2) is 65.8 Å². The summed E-state index contributed by atoms with van der Waals surface area (Å²) in [5, 5.41) is 3.63. The minimum absolute atomic E-state index is 0.0895. The maximum absolute atomic E-state index is 13.2. The Morgan fingerprint density at radius 3 is 2.50 bits per heavy atom. The van der Waals surface area contributed by atoms with Crippen molar-refractivity contribution in [2.75, 3.05) is 0 Å². The molecule has 0 spiro atoms. The summed E-state index contributed by atoms with van der Waals surface area (Å²) in [6.07, 6.45) is 7.70. The number of pyridine rings is 1. The highest BCUT2D eigenvalue weighted by Crippen LogP contribution is 2.36. The van der Waals surface area contributed by atoms with Crippen LogP contribution in [-0.2, 0) is 0 Å². The monoisotopic (exact) mass is 372 g/mol. The molecule has 142 valence electrons. The Morgan fingerprint density at radius 1 is 1.00 bits per heavy atom. The molecule has 3 aromatic rings. The summed E-state index contributed by atoms with van der Waals surface area (Å²) in [5.74, 6) is 0.224. The molecule has 5 heteroatoms. The van der Waals surface area contributed by atoms with Gasteiger partial charge < -0.3 is 5.73 Å². The molecule has 1 heterocycles. The molecule has 1 fully saturated rings. The number of nitrogens with one attached hydrogen (secondary N) is 1. The molecule has 28 heavy (non-hydrogen) atoms. The predicted molar refractivity (Wildman–Crippen MR) is 113 cm³/mol. The first-order valence-electron chi connectivity index (χ1n) is 9.80. The van der Waals surface area contributed by atoms with Gasteiger partial charge in [-0.05, 0) is 42.5 Å². The number of rotatable bonds is 3. The van der Waals surface area contributed by atoms with E-state index in [9.17, 15) is 4.79 Å². The van der Waals surface area contributed by atoms with E-state index in [0.29, 0.717) is 17.2 Å². The second-order valence-electron chi connectivity index (χ2n) is 7.23. The lowest BCUT2D eigenvalue weighted by molar-refractivity contribution is 0.0976. The summed E-state index contributed by atoms with van der Waals surface area (Å²) in [7, 11) is 0. The smallest absolute Gasteiger partial charge is 0.258 e. The lowest BCUT2D eigenvalue weighted by Gasteiger charge is -2.24. The van der Waals surface area contributed by atoms with Gasteiger partial charge in [0.15, 0.2) is 0 Å². The average molecular weight is 372 g/mol. The molecule has 4 rings (SSSR count). The Kier molecular flexibility index (Phi) is 5.33. The lowest BCUT2D eigenvalue weighted by Crippen LogP contribution is -2.37. The Labute approximate surface area is 164 Å². The van der Waals surface area contributed by atoms with Gasteiger partial charge >= 0.3 is 0 Å². The molecule has 1 amide bonds. The minimum Gasteiger partial charge on any atom is -0.369 e. The van der Waals surface area contributed by atoms with Crippen molar-refractivity contribution in [1.82, 2.24) is 10.3 Å². The number of nitrogens with two attached hydrogens (primary N) is 1. The van der Waals surface area contributed by atoms with E-state index in [2.05, 4.69) is 15.3 Å². The molecule has 3 N–H and O–H groups in total. The van der Waals surface area contributed by atoms with E-state index in [-0.39, 0.29) is 11.9 Å². The zero-order valence-corrected chi connectivity index (χ0v) is 15.8. The number of aliphatic imine (C=N–C) groups is 1. The summed E-state index contributed by atoms with van der Waals surface area (Å²) in [5.41, 5.74) is 9.22. The third-order valence-electron chi connectivity index (χ3n) is 5.32. The first-order valence-corrected chi connectivity index (χ1v) is 9.80. The van der Waals surface area contributed by atoms with Crippen LogP contribution in [0.2, 0.25) is 0 Å². The first kappa shape index (κ1) is 18.2. The number of amides is 1. The summed E-state index contributed by atoms with van der Waals surface area (Å²) in [6, 6.07) is 17.1. The molecule has 0 saturated heterocycles. The van der Waals surface area contributed by atoms with E-state index in [0.717, 1.165) is 29.3 Å². The number of fused-ring (bicyclic) bond motifs is 1. The number of carbonyl (C=O) groups is 1. The third-order valence-corrected chi connectivity index (χ3v) is 5.32. The van der Waals surface area contributed by atoms with Crippen LogP contribution in [0.1, 0.15) is 53.9 Å². The number of benzene rings is 2. The number of nitrogens with zero attached hydrogens (tertiary/aromatic N) is 2. The molecule has 2 aromatic carbocycles. The van der Waals surface area contributed by atoms with Crippen molar-refractivity contribution in [2.45, 2.75) is 38.0 Å². The van der Waals surface area contributed by atoms with Crippen LogP contribution in [-0.4, -0.2) is 16.9 Å². The fourth-order valence-electron chi connectivity index (χ4n) is 3.98. The van der Waals surface area contributed by atoms with E-state index in [1.54, 1.807) is 0 Å². The Hall–Kier alpha value is -3.21. The highest BCUT2D eigenvalue weighted by Gasteiger charge is 2.24. The molecule has 0 bridgehead atoms. The maximum Gasteiger partial charge on any atom is 0.258 e.